The third-order valence-corrected chi connectivity index (χ3v) is 6.97. The molecule has 0 aliphatic carbocycles. The zero-order chi connectivity index (χ0) is 22.0. The zero-order valence-electron chi connectivity index (χ0n) is 19.2. The highest BCUT2D eigenvalue weighted by Gasteiger charge is 2.52. The van der Waals surface area contributed by atoms with Crippen LogP contribution in [0, 0.1) is 0 Å². The van der Waals surface area contributed by atoms with Gasteiger partial charge < -0.3 is 14.0 Å². The van der Waals surface area contributed by atoms with Gasteiger partial charge in [0, 0.05) is 11.1 Å². The normalized spacial score (nSPS) is 20.0. The summed E-state index contributed by atoms with van der Waals surface area (Å²) >= 11 is 0. The van der Waals surface area contributed by atoms with Crippen LogP contribution < -0.4 is 10.2 Å². The SMILES string of the molecule is CC1(C)Oc2cc(-c3ccccc3)c(B3OC(C)(C)C(C)(C)O3)cc2-c2ccccc21. The molecule has 0 N–H and O–H groups in total. The van der Waals surface area contributed by atoms with Gasteiger partial charge in [-0.3, -0.25) is 0 Å². The summed E-state index contributed by atoms with van der Waals surface area (Å²) in [6, 6.07) is 23.2. The molecular weight excluding hydrogens is 383 g/mol. The average Bonchev–Trinajstić information content (AvgIpc) is 2.95. The second-order valence-corrected chi connectivity index (χ2v) is 10.0. The Morgan fingerprint density at radius 2 is 1.26 bits per heavy atom. The first-order valence-electron chi connectivity index (χ1n) is 11.0. The molecule has 0 amide bonds. The number of hydrogen-bond donors (Lipinski definition) is 0. The first-order chi connectivity index (χ1) is 14.6. The van der Waals surface area contributed by atoms with E-state index in [1.54, 1.807) is 0 Å². The maximum absolute atomic E-state index is 6.53. The van der Waals surface area contributed by atoms with Crippen LogP contribution in [-0.4, -0.2) is 18.3 Å². The molecule has 3 nitrogen and oxygen atoms in total. The summed E-state index contributed by atoms with van der Waals surface area (Å²) in [4.78, 5) is 0. The molecule has 3 aromatic carbocycles. The van der Waals surface area contributed by atoms with E-state index in [0.29, 0.717) is 0 Å². The lowest BCUT2D eigenvalue weighted by molar-refractivity contribution is 0.00578. The minimum absolute atomic E-state index is 0.399. The Morgan fingerprint density at radius 3 is 1.94 bits per heavy atom. The van der Waals surface area contributed by atoms with E-state index in [1.807, 2.05) is 6.07 Å². The molecule has 158 valence electrons. The standard InChI is InChI=1S/C27H29BO3/c1-25(2)22-15-11-10-14-19(22)21-16-23(28-30-26(3,4)27(5,6)31-28)20(17-24(21)29-25)18-12-8-7-9-13-18/h7-17H,1-6H3. The number of hydrogen-bond acceptors (Lipinski definition) is 3. The summed E-state index contributed by atoms with van der Waals surface area (Å²) < 4.78 is 19.5. The van der Waals surface area contributed by atoms with Crippen LogP contribution in [0.5, 0.6) is 5.75 Å². The minimum atomic E-state index is -0.451. The van der Waals surface area contributed by atoms with Crippen LogP contribution in [0.3, 0.4) is 0 Å². The van der Waals surface area contributed by atoms with Crippen LogP contribution in [0.2, 0.25) is 0 Å². The van der Waals surface area contributed by atoms with E-state index in [0.717, 1.165) is 27.9 Å². The molecule has 0 aromatic heterocycles. The van der Waals surface area contributed by atoms with E-state index in [-0.39, 0.29) is 0 Å². The second kappa shape index (κ2) is 6.72. The van der Waals surface area contributed by atoms with Crippen molar-refractivity contribution in [3.63, 3.8) is 0 Å². The molecule has 4 heteroatoms. The van der Waals surface area contributed by atoms with Crippen molar-refractivity contribution in [2.24, 2.45) is 0 Å². The van der Waals surface area contributed by atoms with Crippen molar-refractivity contribution in [3.8, 4) is 28.0 Å². The predicted octanol–water partition coefficient (Wildman–Crippen LogP) is 5.95. The highest BCUT2D eigenvalue weighted by Crippen LogP contribution is 2.46. The molecule has 1 saturated heterocycles. The van der Waals surface area contributed by atoms with Gasteiger partial charge in [0.15, 0.2) is 0 Å². The van der Waals surface area contributed by atoms with Crippen molar-refractivity contribution in [2.45, 2.75) is 58.3 Å². The third kappa shape index (κ3) is 3.21. The molecule has 2 aliphatic heterocycles. The van der Waals surface area contributed by atoms with Crippen molar-refractivity contribution < 1.29 is 14.0 Å². The Kier molecular flexibility index (Phi) is 4.41. The van der Waals surface area contributed by atoms with Gasteiger partial charge in [-0.05, 0) is 69.8 Å². The number of benzene rings is 3. The monoisotopic (exact) mass is 412 g/mol. The summed E-state index contributed by atoms with van der Waals surface area (Å²) in [7, 11) is -0.451. The van der Waals surface area contributed by atoms with Gasteiger partial charge in [0.2, 0.25) is 0 Å². The molecule has 5 rings (SSSR count). The van der Waals surface area contributed by atoms with Crippen molar-refractivity contribution in [1.82, 2.24) is 0 Å². The van der Waals surface area contributed by atoms with E-state index < -0.39 is 23.9 Å². The number of fused-ring (bicyclic) bond motifs is 3. The fraction of sp³-hybridized carbons (Fsp3) is 0.333. The lowest BCUT2D eigenvalue weighted by Crippen LogP contribution is -2.41. The molecule has 2 aliphatic rings. The quantitative estimate of drug-likeness (QED) is 0.487. The van der Waals surface area contributed by atoms with Crippen molar-refractivity contribution >= 4 is 12.6 Å². The maximum atomic E-state index is 6.53. The Labute approximate surface area is 185 Å². The van der Waals surface area contributed by atoms with Gasteiger partial charge in [0.05, 0.1) is 11.2 Å². The van der Waals surface area contributed by atoms with Crippen LogP contribution in [0.1, 0.15) is 47.1 Å². The van der Waals surface area contributed by atoms with Gasteiger partial charge in [-0.2, -0.15) is 0 Å². The van der Waals surface area contributed by atoms with Gasteiger partial charge in [-0.25, -0.2) is 0 Å². The molecule has 1 fully saturated rings. The fourth-order valence-electron chi connectivity index (χ4n) is 4.50. The second-order valence-electron chi connectivity index (χ2n) is 10.0. The number of rotatable bonds is 2. The van der Waals surface area contributed by atoms with Crippen LogP contribution in [0.4, 0.5) is 0 Å². The van der Waals surface area contributed by atoms with Crippen LogP contribution in [0.25, 0.3) is 22.3 Å². The van der Waals surface area contributed by atoms with Gasteiger partial charge in [-0.15, -0.1) is 0 Å². The lowest BCUT2D eigenvalue weighted by Gasteiger charge is -2.35. The minimum Gasteiger partial charge on any atom is -0.482 e. The summed E-state index contributed by atoms with van der Waals surface area (Å²) in [6.45, 7) is 12.6. The van der Waals surface area contributed by atoms with Crippen molar-refractivity contribution in [2.75, 3.05) is 0 Å². The Hall–Kier alpha value is -2.56. The van der Waals surface area contributed by atoms with Gasteiger partial charge in [-0.1, -0.05) is 60.7 Å². The molecule has 2 heterocycles. The van der Waals surface area contributed by atoms with E-state index >= 15 is 0 Å². The molecule has 31 heavy (non-hydrogen) atoms. The molecule has 0 saturated carbocycles. The first kappa shape index (κ1) is 20.4. The van der Waals surface area contributed by atoms with Crippen LogP contribution in [0.15, 0.2) is 66.7 Å². The molecule has 0 spiro atoms. The van der Waals surface area contributed by atoms with Crippen molar-refractivity contribution in [1.29, 1.82) is 0 Å². The van der Waals surface area contributed by atoms with Crippen LogP contribution >= 0.6 is 0 Å². The molecular formula is C27H29BO3. The summed E-state index contributed by atoms with van der Waals surface area (Å²) in [5.74, 6) is 0.892. The Bertz CT molecular complexity index is 1130. The third-order valence-electron chi connectivity index (χ3n) is 6.97. The van der Waals surface area contributed by atoms with E-state index in [1.165, 1.54) is 11.1 Å². The molecule has 0 atom stereocenters. The highest BCUT2D eigenvalue weighted by molar-refractivity contribution is 6.64. The zero-order valence-corrected chi connectivity index (χ0v) is 19.2. The highest BCUT2D eigenvalue weighted by atomic mass is 16.7. The van der Waals surface area contributed by atoms with E-state index in [2.05, 4.69) is 102 Å². The van der Waals surface area contributed by atoms with Crippen LogP contribution in [-0.2, 0) is 14.9 Å². The lowest BCUT2D eigenvalue weighted by atomic mass is 9.72. The molecule has 3 aromatic rings. The van der Waals surface area contributed by atoms with Gasteiger partial charge in [0.25, 0.3) is 0 Å². The Balaban J connectivity index is 1.74. The van der Waals surface area contributed by atoms with E-state index in [9.17, 15) is 0 Å². The van der Waals surface area contributed by atoms with Crippen molar-refractivity contribution in [3.05, 3.63) is 72.3 Å². The largest absolute Gasteiger partial charge is 0.495 e. The summed E-state index contributed by atoms with van der Waals surface area (Å²) in [5, 5.41) is 0. The summed E-state index contributed by atoms with van der Waals surface area (Å²) in [6.07, 6.45) is 0. The molecule has 0 bridgehead atoms. The molecule has 0 unspecified atom stereocenters. The topological polar surface area (TPSA) is 27.7 Å². The predicted molar refractivity (Wildman–Crippen MR) is 127 cm³/mol. The first-order valence-corrected chi connectivity index (χ1v) is 11.0. The smallest absolute Gasteiger partial charge is 0.482 e. The fourth-order valence-corrected chi connectivity index (χ4v) is 4.50. The van der Waals surface area contributed by atoms with Gasteiger partial charge >= 0.3 is 7.12 Å². The summed E-state index contributed by atoms with van der Waals surface area (Å²) in [5.41, 5.74) is 5.49. The van der Waals surface area contributed by atoms with E-state index in [4.69, 9.17) is 14.0 Å². The maximum Gasteiger partial charge on any atom is 0.495 e. The van der Waals surface area contributed by atoms with Gasteiger partial charge in [0.1, 0.15) is 11.4 Å². The number of ether oxygens (including phenoxy) is 1. The average molecular weight is 412 g/mol. The molecule has 0 radical (unpaired) electrons. The Morgan fingerprint density at radius 1 is 0.645 bits per heavy atom.